The summed E-state index contributed by atoms with van der Waals surface area (Å²) in [5.41, 5.74) is 3.03. The molecule has 0 radical (unpaired) electrons. The number of aromatic nitrogens is 4. The van der Waals surface area contributed by atoms with Crippen LogP contribution < -0.4 is 10.1 Å². The summed E-state index contributed by atoms with van der Waals surface area (Å²) in [5.74, 6) is 3.33. The number of hydrogen-bond donors (Lipinski definition) is 1. The third-order valence-corrected chi connectivity index (χ3v) is 4.10. The highest BCUT2D eigenvalue weighted by Gasteiger charge is 2.20. The van der Waals surface area contributed by atoms with Gasteiger partial charge in [-0.2, -0.15) is 4.98 Å². The van der Waals surface area contributed by atoms with Crippen LogP contribution in [-0.2, 0) is 30.9 Å². The van der Waals surface area contributed by atoms with Gasteiger partial charge in [-0.1, -0.05) is 23.4 Å². The van der Waals surface area contributed by atoms with Crippen molar-refractivity contribution >= 4 is 5.82 Å². The van der Waals surface area contributed by atoms with Gasteiger partial charge in [0.15, 0.2) is 5.82 Å². The average Bonchev–Trinajstić information content (AvgIpc) is 3.00. The first-order valence-electron chi connectivity index (χ1n) is 8.34. The lowest BCUT2D eigenvalue weighted by Gasteiger charge is -2.12. The Morgan fingerprint density at radius 3 is 2.96 bits per heavy atom. The molecule has 0 amide bonds. The van der Waals surface area contributed by atoms with E-state index in [4.69, 9.17) is 14.0 Å². The molecule has 0 aliphatic carbocycles. The van der Waals surface area contributed by atoms with Gasteiger partial charge in [-0.3, -0.25) is 0 Å². The molecule has 0 bridgehead atoms. The fraction of sp³-hybridized carbons (Fsp3) is 0.333. The second-order valence-electron chi connectivity index (χ2n) is 6.01. The average molecular weight is 353 g/mol. The Hall–Kier alpha value is -3.00. The zero-order valence-corrected chi connectivity index (χ0v) is 14.7. The smallest absolute Gasteiger partial charge is 0.246 e. The first-order chi connectivity index (χ1) is 12.7. The monoisotopic (exact) mass is 353 g/mol. The standard InChI is InChI=1S/C18H19N5O3/c1-11-20-14-9-25-15-6-4-3-5-12(15)7-13(14)18(21-11)19-8-17-22-16(10-24-2)23-26-17/h3-6H,7-10H2,1-2H3,(H,19,20,21). The SMILES string of the molecule is COCc1noc(CNc2nc(C)nc3c2Cc2ccccc2OC3)n1. The van der Waals surface area contributed by atoms with Gasteiger partial charge in [-0.25, -0.2) is 9.97 Å². The lowest BCUT2D eigenvalue weighted by atomic mass is 10.0. The van der Waals surface area contributed by atoms with E-state index < -0.39 is 0 Å². The molecular weight excluding hydrogens is 334 g/mol. The van der Waals surface area contributed by atoms with E-state index in [1.165, 1.54) is 0 Å². The first-order valence-corrected chi connectivity index (χ1v) is 8.34. The molecule has 0 spiro atoms. The zero-order valence-electron chi connectivity index (χ0n) is 14.7. The van der Waals surface area contributed by atoms with Crippen LogP contribution in [0, 0.1) is 6.92 Å². The van der Waals surface area contributed by atoms with Crippen LogP contribution in [-0.4, -0.2) is 27.2 Å². The van der Waals surface area contributed by atoms with Crippen LogP contribution in [0.4, 0.5) is 5.82 Å². The molecule has 0 fully saturated rings. The van der Waals surface area contributed by atoms with Crippen molar-refractivity contribution in [3.8, 4) is 5.75 Å². The minimum Gasteiger partial charge on any atom is -0.487 e. The third kappa shape index (κ3) is 3.36. The Balaban J connectivity index is 1.60. The second-order valence-corrected chi connectivity index (χ2v) is 6.01. The van der Waals surface area contributed by atoms with Gasteiger partial charge in [0.2, 0.25) is 5.89 Å². The second kappa shape index (κ2) is 7.09. The van der Waals surface area contributed by atoms with E-state index in [1.807, 2.05) is 25.1 Å². The molecule has 1 N–H and O–H groups in total. The normalized spacial score (nSPS) is 12.7. The number of para-hydroxylation sites is 1. The summed E-state index contributed by atoms with van der Waals surface area (Å²) >= 11 is 0. The molecule has 4 rings (SSSR count). The van der Waals surface area contributed by atoms with Gasteiger partial charge in [0.1, 0.15) is 30.6 Å². The van der Waals surface area contributed by atoms with Gasteiger partial charge in [-0.05, 0) is 18.6 Å². The Bertz CT molecular complexity index is 925. The van der Waals surface area contributed by atoms with Crippen molar-refractivity contribution in [1.82, 2.24) is 20.1 Å². The van der Waals surface area contributed by atoms with E-state index >= 15 is 0 Å². The number of rotatable bonds is 5. The van der Waals surface area contributed by atoms with Crippen molar-refractivity contribution < 1.29 is 14.0 Å². The van der Waals surface area contributed by atoms with Gasteiger partial charge in [0.25, 0.3) is 0 Å². The number of benzene rings is 1. The number of methoxy groups -OCH3 is 1. The van der Waals surface area contributed by atoms with Crippen molar-refractivity contribution in [1.29, 1.82) is 0 Å². The Labute approximate surface area is 150 Å². The minimum atomic E-state index is 0.319. The Kier molecular flexibility index (Phi) is 4.49. The molecule has 0 saturated heterocycles. The third-order valence-electron chi connectivity index (χ3n) is 4.10. The van der Waals surface area contributed by atoms with E-state index in [9.17, 15) is 0 Å². The number of fused-ring (bicyclic) bond motifs is 2. The van der Waals surface area contributed by atoms with E-state index in [0.717, 1.165) is 28.4 Å². The van der Waals surface area contributed by atoms with Crippen molar-refractivity contribution in [2.75, 3.05) is 12.4 Å². The number of aryl methyl sites for hydroxylation is 1. The van der Waals surface area contributed by atoms with Crippen molar-refractivity contribution in [2.45, 2.75) is 33.1 Å². The molecule has 134 valence electrons. The molecule has 8 nitrogen and oxygen atoms in total. The minimum absolute atomic E-state index is 0.319. The summed E-state index contributed by atoms with van der Waals surface area (Å²) in [6, 6.07) is 8.01. The molecule has 0 saturated carbocycles. The summed E-state index contributed by atoms with van der Waals surface area (Å²) in [6.07, 6.45) is 0.701. The maximum absolute atomic E-state index is 5.91. The lowest BCUT2D eigenvalue weighted by molar-refractivity contribution is 0.174. The van der Waals surface area contributed by atoms with E-state index in [2.05, 4.69) is 31.5 Å². The maximum Gasteiger partial charge on any atom is 0.246 e. The van der Waals surface area contributed by atoms with Crippen molar-refractivity contribution in [2.24, 2.45) is 0 Å². The van der Waals surface area contributed by atoms with Crippen LogP contribution in [0.2, 0.25) is 0 Å². The molecule has 1 aliphatic rings. The van der Waals surface area contributed by atoms with Crippen LogP contribution in [0.3, 0.4) is 0 Å². The number of anilines is 1. The highest BCUT2D eigenvalue weighted by atomic mass is 16.5. The van der Waals surface area contributed by atoms with Crippen molar-refractivity contribution in [3.63, 3.8) is 0 Å². The highest BCUT2D eigenvalue weighted by Crippen LogP contribution is 2.30. The fourth-order valence-corrected chi connectivity index (χ4v) is 2.94. The predicted octanol–water partition coefficient (Wildman–Crippen LogP) is 2.41. The largest absolute Gasteiger partial charge is 0.487 e. The van der Waals surface area contributed by atoms with Crippen molar-refractivity contribution in [3.05, 3.63) is 58.6 Å². The van der Waals surface area contributed by atoms with Crippen LogP contribution in [0.5, 0.6) is 5.75 Å². The predicted molar refractivity (Wildman–Crippen MR) is 92.7 cm³/mol. The number of nitrogens with one attached hydrogen (secondary N) is 1. The van der Waals surface area contributed by atoms with Crippen LogP contribution >= 0.6 is 0 Å². The summed E-state index contributed by atoms with van der Waals surface area (Å²) in [5, 5.41) is 7.16. The molecular formula is C18H19N5O3. The maximum atomic E-state index is 5.91. The summed E-state index contributed by atoms with van der Waals surface area (Å²) < 4.78 is 16.1. The molecule has 0 unspecified atom stereocenters. The molecule has 1 aliphatic heterocycles. The molecule has 3 heterocycles. The molecule has 3 aromatic rings. The van der Waals surface area contributed by atoms with E-state index in [0.29, 0.717) is 43.7 Å². The molecule has 8 heteroatoms. The molecule has 0 atom stereocenters. The zero-order chi connectivity index (χ0) is 17.9. The summed E-state index contributed by atoms with van der Waals surface area (Å²) in [4.78, 5) is 13.4. The molecule has 2 aromatic heterocycles. The van der Waals surface area contributed by atoms with Gasteiger partial charge in [0.05, 0.1) is 12.2 Å². The highest BCUT2D eigenvalue weighted by molar-refractivity contribution is 5.52. The van der Waals surface area contributed by atoms with E-state index in [1.54, 1.807) is 7.11 Å². The quantitative estimate of drug-likeness (QED) is 0.747. The lowest BCUT2D eigenvalue weighted by Crippen LogP contribution is -2.11. The topological polar surface area (TPSA) is 95.2 Å². The Morgan fingerprint density at radius 1 is 1.19 bits per heavy atom. The number of ether oxygens (including phenoxy) is 2. The molecule has 26 heavy (non-hydrogen) atoms. The summed E-state index contributed by atoms with van der Waals surface area (Å²) in [7, 11) is 1.59. The molecule has 1 aromatic carbocycles. The van der Waals surface area contributed by atoms with Crippen LogP contribution in [0.15, 0.2) is 28.8 Å². The summed E-state index contributed by atoms with van der Waals surface area (Å²) in [6.45, 7) is 2.98. The number of nitrogens with zero attached hydrogens (tertiary/aromatic N) is 4. The first kappa shape index (κ1) is 16.5. The van der Waals surface area contributed by atoms with E-state index in [-0.39, 0.29) is 0 Å². The Morgan fingerprint density at radius 2 is 2.08 bits per heavy atom. The van der Waals surface area contributed by atoms with Crippen LogP contribution in [0.25, 0.3) is 0 Å². The fourth-order valence-electron chi connectivity index (χ4n) is 2.94. The van der Waals surface area contributed by atoms with Crippen LogP contribution in [0.1, 0.15) is 34.4 Å². The van der Waals surface area contributed by atoms with Gasteiger partial charge < -0.3 is 19.3 Å². The van der Waals surface area contributed by atoms with Gasteiger partial charge in [-0.15, -0.1) is 0 Å². The number of hydrogen-bond acceptors (Lipinski definition) is 8. The van der Waals surface area contributed by atoms with Gasteiger partial charge >= 0.3 is 0 Å². The van der Waals surface area contributed by atoms with Gasteiger partial charge in [0, 0.05) is 19.1 Å².